The Labute approximate surface area is 160 Å². The Kier molecular flexibility index (Phi) is 4.85. The molecule has 27 heavy (non-hydrogen) atoms. The van der Waals surface area contributed by atoms with Crippen molar-refractivity contribution in [3.8, 4) is 0 Å². The molecule has 2 aromatic heterocycles. The molecule has 9 heteroatoms. The largest absolute Gasteiger partial charge is 0.364 e. The molecule has 1 aromatic carbocycles. The van der Waals surface area contributed by atoms with Gasteiger partial charge in [-0.1, -0.05) is 29.1 Å². The fourth-order valence-electron chi connectivity index (χ4n) is 2.99. The monoisotopic (exact) mass is 384 g/mol. The standard InChI is InChI=1S/C18H20N6O2S/c1-12(27-18-21-19-11-23(18)2)13-4-3-5-15(8-13)20-17(25)24-7-6-16-14(9-24)10-26-22-16/h3-5,8,10-12H,6-7,9H2,1-2H3,(H,20,25)/t12-/m0/s1. The third kappa shape index (κ3) is 3.82. The summed E-state index contributed by atoms with van der Waals surface area (Å²) in [6.07, 6.45) is 4.01. The summed E-state index contributed by atoms with van der Waals surface area (Å²) in [5.41, 5.74) is 3.80. The molecule has 140 valence electrons. The zero-order chi connectivity index (χ0) is 18.8. The highest BCUT2D eigenvalue weighted by Gasteiger charge is 2.23. The van der Waals surface area contributed by atoms with Gasteiger partial charge >= 0.3 is 6.03 Å². The van der Waals surface area contributed by atoms with E-state index in [0.29, 0.717) is 19.5 Å². The first-order valence-corrected chi connectivity index (χ1v) is 9.57. The van der Waals surface area contributed by atoms with Crippen LogP contribution in [0.4, 0.5) is 10.5 Å². The first-order chi connectivity index (χ1) is 13.1. The summed E-state index contributed by atoms with van der Waals surface area (Å²) in [4.78, 5) is 14.4. The summed E-state index contributed by atoms with van der Waals surface area (Å²) in [7, 11) is 1.92. The molecule has 0 bridgehead atoms. The molecule has 0 unspecified atom stereocenters. The van der Waals surface area contributed by atoms with E-state index in [0.717, 1.165) is 27.7 Å². The minimum absolute atomic E-state index is 0.118. The van der Waals surface area contributed by atoms with Gasteiger partial charge in [0.2, 0.25) is 0 Å². The van der Waals surface area contributed by atoms with Crippen molar-refractivity contribution >= 4 is 23.5 Å². The van der Waals surface area contributed by atoms with Gasteiger partial charge in [-0.3, -0.25) is 0 Å². The lowest BCUT2D eigenvalue weighted by Crippen LogP contribution is -2.38. The normalized spacial score (nSPS) is 14.7. The molecule has 1 aliphatic rings. The first-order valence-electron chi connectivity index (χ1n) is 8.69. The Morgan fingerprint density at radius 3 is 3.11 bits per heavy atom. The number of aromatic nitrogens is 4. The van der Waals surface area contributed by atoms with Gasteiger partial charge in [-0.25, -0.2) is 4.79 Å². The van der Waals surface area contributed by atoms with Crippen molar-refractivity contribution in [2.24, 2.45) is 7.05 Å². The predicted molar refractivity (Wildman–Crippen MR) is 101 cm³/mol. The molecule has 0 radical (unpaired) electrons. The van der Waals surface area contributed by atoms with Gasteiger partial charge in [0, 0.05) is 36.5 Å². The smallest absolute Gasteiger partial charge is 0.322 e. The lowest BCUT2D eigenvalue weighted by Gasteiger charge is -2.26. The van der Waals surface area contributed by atoms with E-state index in [9.17, 15) is 4.79 Å². The van der Waals surface area contributed by atoms with E-state index in [-0.39, 0.29) is 11.3 Å². The number of benzene rings is 1. The molecular formula is C18H20N6O2S. The maximum absolute atomic E-state index is 12.6. The summed E-state index contributed by atoms with van der Waals surface area (Å²) in [6.45, 7) is 3.25. The number of fused-ring (bicyclic) bond motifs is 1. The molecule has 4 rings (SSSR count). The van der Waals surface area contributed by atoms with Gasteiger partial charge in [-0.05, 0) is 24.6 Å². The number of nitrogens with zero attached hydrogens (tertiary/aromatic N) is 5. The Morgan fingerprint density at radius 1 is 1.41 bits per heavy atom. The van der Waals surface area contributed by atoms with Crippen LogP contribution in [0.3, 0.4) is 0 Å². The van der Waals surface area contributed by atoms with Crippen LogP contribution in [-0.4, -0.2) is 37.4 Å². The van der Waals surface area contributed by atoms with Gasteiger partial charge in [0.1, 0.15) is 12.6 Å². The van der Waals surface area contributed by atoms with E-state index in [1.165, 1.54) is 0 Å². The van der Waals surface area contributed by atoms with E-state index in [4.69, 9.17) is 4.52 Å². The van der Waals surface area contributed by atoms with Crippen molar-refractivity contribution < 1.29 is 9.32 Å². The predicted octanol–water partition coefficient (Wildman–Crippen LogP) is 3.25. The quantitative estimate of drug-likeness (QED) is 0.695. The van der Waals surface area contributed by atoms with Crippen molar-refractivity contribution in [3.63, 3.8) is 0 Å². The molecule has 0 spiro atoms. The Hall–Kier alpha value is -2.81. The zero-order valence-electron chi connectivity index (χ0n) is 15.1. The number of amides is 2. The Morgan fingerprint density at radius 2 is 2.30 bits per heavy atom. The van der Waals surface area contributed by atoms with Crippen LogP contribution < -0.4 is 5.32 Å². The number of urea groups is 1. The second-order valence-corrected chi connectivity index (χ2v) is 7.81. The van der Waals surface area contributed by atoms with E-state index in [2.05, 4.69) is 27.6 Å². The molecule has 3 aromatic rings. The molecule has 3 heterocycles. The SMILES string of the molecule is C[C@H](Sc1nncn1C)c1cccc(NC(=O)N2CCc3nocc3C2)c1. The van der Waals surface area contributed by atoms with E-state index < -0.39 is 0 Å². The molecule has 1 atom stereocenters. The van der Waals surface area contributed by atoms with E-state index in [1.807, 2.05) is 35.9 Å². The molecule has 2 amide bonds. The number of carbonyl (C=O) groups is 1. The van der Waals surface area contributed by atoms with Crippen LogP contribution in [0.15, 0.2) is 46.5 Å². The van der Waals surface area contributed by atoms with Crippen LogP contribution in [0, 0.1) is 0 Å². The number of rotatable bonds is 4. The van der Waals surface area contributed by atoms with Crippen molar-refractivity contribution in [3.05, 3.63) is 53.7 Å². The molecule has 1 aliphatic heterocycles. The number of anilines is 1. The fourth-order valence-corrected chi connectivity index (χ4v) is 3.90. The second-order valence-electron chi connectivity index (χ2n) is 6.50. The van der Waals surface area contributed by atoms with Gasteiger partial charge in [-0.15, -0.1) is 10.2 Å². The average Bonchev–Trinajstić information content (AvgIpc) is 3.30. The van der Waals surface area contributed by atoms with Crippen LogP contribution in [0.5, 0.6) is 0 Å². The zero-order valence-corrected chi connectivity index (χ0v) is 15.9. The Bertz CT molecular complexity index is 953. The van der Waals surface area contributed by atoms with Gasteiger partial charge in [-0.2, -0.15) is 0 Å². The van der Waals surface area contributed by atoms with Crippen molar-refractivity contribution in [1.29, 1.82) is 0 Å². The topological polar surface area (TPSA) is 89.1 Å². The van der Waals surface area contributed by atoms with Crippen molar-refractivity contribution in [2.75, 3.05) is 11.9 Å². The van der Waals surface area contributed by atoms with Gasteiger partial charge in [0.25, 0.3) is 0 Å². The summed E-state index contributed by atoms with van der Waals surface area (Å²) < 4.78 is 6.88. The number of thioether (sulfide) groups is 1. The number of aryl methyl sites for hydroxylation is 1. The summed E-state index contributed by atoms with van der Waals surface area (Å²) >= 11 is 1.63. The van der Waals surface area contributed by atoms with Crippen molar-refractivity contribution in [1.82, 2.24) is 24.8 Å². The van der Waals surface area contributed by atoms with E-state index >= 15 is 0 Å². The lowest BCUT2D eigenvalue weighted by molar-refractivity contribution is 0.206. The molecule has 1 N–H and O–H groups in total. The van der Waals surface area contributed by atoms with Gasteiger partial charge < -0.3 is 19.3 Å². The molecule has 8 nitrogen and oxygen atoms in total. The number of nitrogens with one attached hydrogen (secondary N) is 1. The third-order valence-electron chi connectivity index (χ3n) is 4.55. The Balaban J connectivity index is 1.42. The van der Waals surface area contributed by atoms with Gasteiger partial charge in [0.05, 0.1) is 12.2 Å². The minimum atomic E-state index is -0.118. The van der Waals surface area contributed by atoms with Crippen LogP contribution in [0.1, 0.15) is 29.0 Å². The minimum Gasteiger partial charge on any atom is -0.364 e. The van der Waals surface area contributed by atoms with E-state index in [1.54, 1.807) is 29.3 Å². The highest BCUT2D eigenvalue weighted by Crippen LogP contribution is 2.34. The van der Waals surface area contributed by atoms with Crippen LogP contribution in [-0.2, 0) is 20.0 Å². The fraction of sp³-hybridized carbons (Fsp3) is 0.333. The molecular weight excluding hydrogens is 364 g/mol. The van der Waals surface area contributed by atoms with Crippen LogP contribution in [0.25, 0.3) is 0 Å². The second kappa shape index (κ2) is 7.43. The van der Waals surface area contributed by atoms with Crippen LogP contribution in [0.2, 0.25) is 0 Å². The number of carbonyl (C=O) groups excluding carboxylic acids is 1. The lowest BCUT2D eigenvalue weighted by atomic mass is 10.1. The maximum Gasteiger partial charge on any atom is 0.322 e. The molecule has 0 fully saturated rings. The van der Waals surface area contributed by atoms with Gasteiger partial charge in [0.15, 0.2) is 5.16 Å². The third-order valence-corrected chi connectivity index (χ3v) is 5.76. The highest BCUT2D eigenvalue weighted by molar-refractivity contribution is 7.99. The number of hydrogen-bond acceptors (Lipinski definition) is 6. The molecule has 0 saturated carbocycles. The average molecular weight is 384 g/mol. The summed E-state index contributed by atoms with van der Waals surface area (Å²) in [6, 6.07) is 7.78. The first kappa shape index (κ1) is 17.6. The molecule has 0 aliphatic carbocycles. The van der Waals surface area contributed by atoms with Crippen LogP contribution >= 0.6 is 11.8 Å². The maximum atomic E-state index is 12.6. The number of hydrogen-bond donors (Lipinski definition) is 1. The summed E-state index contributed by atoms with van der Waals surface area (Å²) in [5.74, 6) is 0. The highest BCUT2D eigenvalue weighted by atomic mass is 32.2. The molecule has 0 saturated heterocycles. The van der Waals surface area contributed by atoms with Crippen molar-refractivity contribution in [2.45, 2.75) is 30.3 Å². The summed E-state index contributed by atoms with van der Waals surface area (Å²) in [5, 5.41) is 16.0.